The summed E-state index contributed by atoms with van der Waals surface area (Å²) in [7, 11) is -5.72. The molecule has 0 fully saturated rings. The molecule has 0 saturated carbocycles. The van der Waals surface area contributed by atoms with E-state index in [1.807, 2.05) is 6.07 Å². The molecule has 0 bridgehead atoms. The maximum Gasteiger partial charge on any atom is 0.242 e. The van der Waals surface area contributed by atoms with Crippen molar-refractivity contribution in [2.24, 2.45) is 0 Å². The molecule has 142 valence electrons. The Kier molecular flexibility index (Phi) is 7.38. The molecule has 3 nitrogen and oxygen atoms in total. The lowest BCUT2D eigenvalue weighted by molar-refractivity contribution is 0.421. The minimum Gasteiger partial charge on any atom is -0.549 e. The highest BCUT2D eigenvalue weighted by Gasteiger charge is 2.28. The van der Waals surface area contributed by atoms with Gasteiger partial charge in [-0.1, -0.05) is 18.7 Å². The number of hydrogen-bond acceptors (Lipinski definition) is 3. The van der Waals surface area contributed by atoms with Gasteiger partial charge in [-0.05, 0) is 71.1 Å². The lowest BCUT2D eigenvalue weighted by Gasteiger charge is -2.30. The van der Waals surface area contributed by atoms with Crippen LogP contribution in [0.2, 0.25) is 65.5 Å². The van der Waals surface area contributed by atoms with Crippen molar-refractivity contribution >= 4 is 40.2 Å². The molecule has 0 saturated heterocycles. The monoisotopic (exact) mass is 412 g/mol. The molecular weight excluding hydrogens is 377 g/mol. The average molecular weight is 413 g/mol. The largest absolute Gasteiger partial charge is 0.549 e. The molecule has 1 rings (SSSR count). The fourth-order valence-corrected chi connectivity index (χ4v) is 7.40. The average Bonchev–Trinajstić information content (AvgIpc) is 2.39. The fourth-order valence-electron chi connectivity index (χ4n) is 2.29. The van der Waals surface area contributed by atoms with E-state index in [9.17, 15) is 0 Å². The molecule has 0 amide bonds. The van der Waals surface area contributed by atoms with Crippen LogP contribution in [0.25, 0.3) is 5.76 Å². The minimum atomic E-state index is -1.78. The first kappa shape index (κ1) is 22.3. The van der Waals surface area contributed by atoms with Crippen LogP contribution in [0.3, 0.4) is 0 Å². The van der Waals surface area contributed by atoms with E-state index in [1.165, 1.54) is 0 Å². The van der Waals surface area contributed by atoms with Gasteiger partial charge in [0.15, 0.2) is 0 Å². The minimum absolute atomic E-state index is 0.525. The summed E-state index contributed by atoms with van der Waals surface area (Å²) in [4.78, 5) is 0. The second-order valence-electron chi connectivity index (χ2n) is 9.25. The third-order valence-electron chi connectivity index (χ3n) is 2.96. The lowest BCUT2D eigenvalue weighted by Crippen LogP contribution is -2.31. The summed E-state index contributed by atoms with van der Waals surface area (Å²) < 4.78 is 19.4. The van der Waals surface area contributed by atoms with E-state index in [0.717, 1.165) is 22.5 Å². The van der Waals surface area contributed by atoms with Gasteiger partial charge in [0.05, 0.1) is 20.5 Å². The highest BCUT2D eigenvalue weighted by atomic mass is 28.4. The molecular formula is C18H36O3Si4. The maximum absolute atomic E-state index is 6.56. The van der Waals surface area contributed by atoms with Crippen LogP contribution in [-0.2, 0) is 8.85 Å². The first-order valence-corrected chi connectivity index (χ1v) is 21.5. The predicted octanol–water partition coefficient (Wildman–Crippen LogP) is 5.45. The quantitative estimate of drug-likeness (QED) is 0.420. The molecule has 1 aromatic carbocycles. The Labute approximate surface area is 160 Å². The Morgan fingerprint density at radius 3 is 1.72 bits per heavy atom. The molecule has 1 aromatic rings. The molecule has 0 spiro atoms. The topological polar surface area (TPSA) is 27.7 Å². The van der Waals surface area contributed by atoms with Gasteiger partial charge < -0.3 is 13.3 Å². The molecule has 0 aliphatic carbocycles. The normalized spacial score (nSPS) is 14.5. The highest BCUT2D eigenvalue weighted by Crippen LogP contribution is 2.34. The van der Waals surface area contributed by atoms with Crippen molar-refractivity contribution < 1.29 is 13.3 Å². The van der Waals surface area contributed by atoms with Crippen LogP contribution in [0.4, 0.5) is 0 Å². The second kappa shape index (κ2) is 8.28. The van der Waals surface area contributed by atoms with Gasteiger partial charge in [-0.2, -0.15) is 0 Å². The zero-order valence-corrected chi connectivity index (χ0v) is 22.2. The van der Waals surface area contributed by atoms with E-state index in [2.05, 4.69) is 83.7 Å². The van der Waals surface area contributed by atoms with Crippen LogP contribution in [-0.4, -0.2) is 34.5 Å². The van der Waals surface area contributed by atoms with Crippen molar-refractivity contribution in [3.8, 4) is 5.75 Å². The SMILES string of the molecule is C[SiH2]C(O[Si](C)(C)C)=C(O[Si](C)(C)C)c1ccccc1O[Si](C)(C)C. The Hall–Kier alpha value is -0.772. The fraction of sp³-hybridized carbons (Fsp3) is 0.556. The van der Waals surface area contributed by atoms with Crippen LogP contribution >= 0.6 is 0 Å². The van der Waals surface area contributed by atoms with E-state index in [-0.39, 0.29) is 0 Å². The van der Waals surface area contributed by atoms with Crippen LogP contribution in [0.5, 0.6) is 5.75 Å². The Bertz CT molecular complexity index is 608. The van der Waals surface area contributed by atoms with Gasteiger partial charge in [-0.25, -0.2) is 0 Å². The van der Waals surface area contributed by atoms with Gasteiger partial charge >= 0.3 is 0 Å². The van der Waals surface area contributed by atoms with Gasteiger partial charge in [-0.3, -0.25) is 0 Å². The van der Waals surface area contributed by atoms with Gasteiger partial charge in [0, 0.05) is 0 Å². The molecule has 0 atom stereocenters. The highest BCUT2D eigenvalue weighted by molar-refractivity contribution is 6.72. The summed E-state index contributed by atoms with van der Waals surface area (Å²) in [5.41, 5.74) is 1.05. The molecule has 0 aliphatic heterocycles. The third-order valence-corrected chi connectivity index (χ3v) is 6.86. The van der Waals surface area contributed by atoms with E-state index >= 15 is 0 Å². The maximum atomic E-state index is 6.56. The standard InChI is InChI=1S/C18H36O3Si4/c1-22-18(21-25(8,9)10)17(20-24(5,6)7)15-13-11-12-14-16(15)19-23(2,3)4/h11-14H,22H2,1-10H3. The van der Waals surface area contributed by atoms with Gasteiger partial charge in [-0.15, -0.1) is 0 Å². The molecule has 0 N–H and O–H groups in total. The van der Waals surface area contributed by atoms with Crippen LogP contribution < -0.4 is 4.43 Å². The molecule has 0 radical (unpaired) electrons. The van der Waals surface area contributed by atoms with E-state index in [4.69, 9.17) is 13.3 Å². The second-order valence-corrected chi connectivity index (χ2v) is 23.9. The Balaban J connectivity index is 3.53. The van der Waals surface area contributed by atoms with Crippen molar-refractivity contribution in [1.29, 1.82) is 0 Å². The third kappa shape index (κ3) is 8.43. The summed E-state index contributed by atoms with van der Waals surface area (Å²) in [5, 5.41) is 1.09. The van der Waals surface area contributed by atoms with Crippen molar-refractivity contribution in [1.82, 2.24) is 0 Å². The lowest BCUT2D eigenvalue weighted by atomic mass is 10.2. The van der Waals surface area contributed by atoms with Crippen molar-refractivity contribution in [2.45, 2.75) is 65.5 Å². The molecule has 0 heterocycles. The zero-order chi connectivity index (χ0) is 19.5. The first-order valence-electron chi connectivity index (χ1n) is 9.11. The Morgan fingerprint density at radius 1 is 0.760 bits per heavy atom. The van der Waals surface area contributed by atoms with Crippen LogP contribution in [0.15, 0.2) is 29.6 Å². The summed E-state index contributed by atoms with van der Waals surface area (Å²) >= 11 is 0. The molecule has 0 aliphatic rings. The molecule has 0 unspecified atom stereocenters. The molecule has 7 heteroatoms. The summed E-state index contributed by atoms with van der Waals surface area (Å²) in [5.74, 6) is 1.86. The zero-order valence-electron chi connectivity index (χ0n) is 17.7. The van der Waals surface area contributed by atoms with Gasteiger partial charge in [0.1, 0.15) is 11.5 Å². The van der Waals surface area contributed by atoms with Crippen LogP contribution in [0, 0.1) is 0 Å². The van der Waals surface area contributed by atoms with Crippen LogP contribution in [0.1, 0.15) is 5.56 Å². The number of rotatable bonds is 8. The summed E-state index contributed by atoms with van der Waals surface area (Å²) in [6, 6.07) is 8.27. The van der Waals surface area contributed by atoms with Crippen molar-refractivity contribution in [3.63, 3.8) is 0 Å². The number of benzene rings is 1. The van der Waals surface area contributed by atoms with E-state index in [1.54, 1.807) is 0 Å². The number of hydrogen-bond donors (Lipinski definition) is 0. The Morgan fingerprint density at radius 2 is 1.28 bits per heavy atom. The van der Waals surface area contributed by atoms with Gasteiger partial charge in [0.2, 0.25) is 25.0 Å². The predicted molar refractivity (Wildman–Crippen MR) is 121 cm³/mol. The molecule has 25 heavy (non-hydrogen) atoms. The van der Waals surface area contributed by atoms with Crippen molar-refractivity contribution in [2.75, 3.05) is 0 Å². The number of para-hydroxylation sites is 1. The summed E-state index contributed by atoms with van der Waals surface area (Å²) in [6.45, 7) is 22.2. The molecule has 0 aromatic heterocycles. The van der Waals surface area contributed by atoms with E-state index < -0.39 is 34.5 Å². The van der Waals surface area contributed by atoms with Crippen molar-refractivity contribution in [3.05, 3.63) is 35.2 Å². The summed E-state index contributed by atoms with van der Waals surface area (Å²) in [6.07, 6.45) is 0. The smallest absolute Gasteiger partial charge is 0.242 e. The van der Waals surface area contributed by atoms with E-state index in [0.29, 0.717) is 0 Å². The van der Waals surface area contributed by atoms with Gasteiger partial charge in [0.25, 0.3) is 0 Å². The first-order chi connectivity index (χ1) is 11.2.